The van der Waals surface area contributed by atoms with Crippen molar-refractivity contribution in [3.05, 3.63) is 95.6 Å². The average molecular weight is 431 g/mol. The first-order valence-electron chi connectivity index (χ1n) is 10.3. The molecule has 3 rings (SSSR count). The van der Waals surface area contributed by atoms with Crippen LogP contribution in [0.2, 0.25) is 0 Å². The zero-order valence-corrected chi connectivity index (χ0v) is 17.8. The number of amides is 3. The van der Waals surface area contributed by atoms with E-state index < -0.39 is 6.09 Å². The SMILES string of the molecule is CCOC(=O)Nc1ccc(C(=O)Nc2ccccc2C(=O)NCCc2ccccc2)cc1. The Hall–Kier alpha value is -4.13. The molecule has 0 fully saturated rings. The van der Waals surface area contributed by atoms with Gasteiger partial charge in [0.25, 0.3) is 11.8 Å². The van der Waals surface area contributed by atoms with Crippen molar-refractivity contribution in [1.29, 1.82) is 0 Å². The molecule has 0 atom stereocenters. The topological polar surface area (TPSA) is 96.5 Å². The Labute approximate surface area is 186 Å². The summed E-state index contributed by atoms with van der Waals surface area (Å²) < 4.78 is 4.82. The van der Waals surface area contributed by atoms with Gasteiger partial charge in [-0.15, -0.1) is 0 Å². The minimum atomic E-state index is -0.558. The lowest BCUT2D eigenvalue weighted by Crippen LogP contribution is -2.27. The van der Waals surface area contributed by atoms with Crippen molar-refractivity contribution in [1.82, 2.24) is 5.32 Å². The van der Waals surface area contributed by atoms with E-state index in [9.17, 15) is 14.4 Å². The normalized spacial score (nSPS) is 10.2. The van der Waals surface area contributed by atoms with Gasteiger partial charge in [-0.3, -0.25) is 14.9 Å². The summed E-state index contributed by atoms with van der Waals surface area (Å²) in [6, 6.07) is 23.1. The van der Waals surface area contributed by atoms with Gasteiger partial charge in [0.05, 0.1) is 17.9 Å². The number of rotatable bonds is 8. The van der Waals surface area contributed by atoms with Crippen molar-refractivity contribution in [2.75, 3.05) is 23.8 Å². The average Bonchev–Trinajstić information content (AvgIpc) is 2.80. The maximum Gasteiger partial charge on any atom is 0.411 e. The Balaban J connectivity index is 1.60. The fraction of sp³-hybridized carbons (Fsp3) is 0.160. The Morgan fingerprint density at radius 2 is 1.47 bits per heavy atom. The molecule has 7 nitrogen and oxygen atoms in total. The van der Waals surface area contributed by atoms with Gasteiger partial charge in [-0.2, -0.15) is 0 Å². The van der Waals surface area contributed by atoms with Crippen molar-refractivity contribution in [2.24, 2.45) is 0 Å². The van der Waals surface area contributed by atoms with Gasteiger partial charge in [0.15, 0.2) is 0 Å². The quantitative estimate of drug-likeness (QED) is 0.490. The highest BCUT2D eigenvalue weighted by molar-refractivity contribution is 6.09. The van der Waals surface area contributed by atoms with Gasteiger partial charge in [-0.1, -0.05) is 42.5 Å². The molecule has 0 aliphatic carbocycles. The molecule has 164 valence electrons. The number of carbonyl (C=O) groups excluding carboxylic acids is 3. The third-order valence-corrected chi connectivity index (χ3v) is 4.63. The zero-order valence-electron chi connectivity index (χ0n) is 17.8. The molecule has 0 aromatic heterocycles. The number of benzene rings is 3. The molecule has 0 radical (unpaired) electrons. The number of nitrogens with one attached hydrogen (secondary N) is 3. The van der Waals surface area contributed by atoms with Crippen LogP contribution in [0, 0.1) is 0 Å². The highest BCUT2D eigenvalue weighted by Crippen LogP contribution is 2.17. The number of hydrogen-bond acceptors (Lipinski definition) is 4. The molecule has 0 aliphatic rings. The minimum absolute atomic E-state index is 0.259. The minimum Gasteiger partial charge on any atom is -0.450 e. The summed E-state index contributed by atoms with van der Waals surface area (Å²) in [6.45, 7) is 2.47. The van der Waals surface area contributed by atoms with Crippen LogP contribution < -0.4 is 16.0 Å². The first kappa shape index (κ1) is 22.6. The van der Waals surface area contributed by atoms with E-state index >= 15 is 0 Å². The molecule has 0 heterocycles. The van der Waals surface area contributed by atoms with Crippen molar-refractivity contribution >= 4 is 29.3 Å². The lowest BCUT2D eigenvalue weighted by atomic mass is 10.1. The molecule has 3 aromatic carbocycles. The predicted molar refractivity (Wildman–Crippen MR) is 124 cm³/mol. The monoisotopic (exact) mass is 431 g/mol. The van der Waals surface area contributed by atoms with Crippen molar-refractivity contribution in [2.45, 2.75) is 13.3 Å². The first-order chi connectivity index (χ1) is 15.6. The van der Waals surface area contributed by atoms with Crippen molar-refractivity contribution < 1.29 is 19.1 Å². The molecule has 3 N–H and O–H groups in total. The first-order valence-corrected chi connectivity index (χ1v) is 10.3. The van der Waals surface area contributed by atoms with Gasteiger partial charge >= 0.3 is 6.09 Å². The number of para-hydroxylation sites is 1. The van der Waals surface area contributed by atoms with E-state index in [1.54, 1.807) is 55.5 Å². The van der Waals surface area contributed by atoms with Crippen LogP contribution >= 0.6 is 0 Å². The van der Waals surface area contributed by atoms with E-state index in [4.69, 9.17) is 4.74 Å². The summed E-state index contributed by atoms with van der Waals surface area (Å²) in [5.41, 5.74) is 2.84. The molecule has 3 amide bonds. The Kier molecular flexibility index (Phi) is 7.97. The molecular formula is C25H25N3O4. The second-order valence-electron chi connectivity index (χ2n) is 6.91. The molecule has 0 saturated heterocycles. The van der Waals surface area contributed by atoms with E-state index in [1.807, 2.05) is 30.3 Å². The third-order valence-electron chi connectivity index (χ3n) is 4.63. The number of ether oxygens (including phenoxy) is 1. The molecule has 32 heavy (non-hydrogen) atoms. The van der Waals surface area contributed by atoms with Crippen molar-refractivity contribution in [3.8, 4) is 0 Å². The largest absolute Gasteiger partial charge is 0.450 e. The molecule has 0 aliphatic heterocycles. The van der Waals surface area contributed by atoms with E-state index in [1.165, 1.54) is 0 Å². The van der Waals surface area contributed by atoms with Crippen LogP contribution in [-0.4, -0.2) is 31.1 Å². The summed E-state index contributed by atoms with van der Waals surface area (Å²) >= 11 is 0. The summed E-state index contributed by atoms with van der Waals surface area (Å²) in [5, 5.41) is 8.25. The van der Waals surface area contributed by atoms with E-state index in [0.717, 1.165) is 5.56 Å². The molecule has 0 saturated carbocycles. The van der Waals surface area contributed by atoms with E-state index in [2.05, 4.69) is 16.0 Å². The van der Waals surface area contributed by atoms with Crippen LogP contribution in [0.15, 0.2) is 78.9 Å². The van der Waals surface area contributed by atoms with Gasteiger partial charge < -0.3 is 15.4 Å². The third kappa shape index (κ3) is 6.43. The fourth-order valence-corrected chi connectivity index (χ4v) is 3.03. The lowest BCUT2D eigenvalue weighted by Gasteiger charge is -2.12. The summed E-state index contributed by atoms with van der Waals surface area (Å²) in [6.07, 6.45) is 0.157. The molecular weight excluding hydrogens is 406 g/mol. The standard InChI is InChI=1S/C25H25N3O4/c1-2-32-25(31)27-20-14-12-19(13-15-20)23(29)28-22-11-7-6-10-21(22)24(30)26-17-16-18-8-4-3-5-9-18/h3-15H,2,16-17H2,1H3,(H,26,30)(H,27,31)(H,28,29). The number of hydrogen-bond donors (Lipinski definition) is 3. The Bertz CT molecular complexity index is 1070. The van der Waals surface area contributed by atoms with Crippen molar-refractivity contribution in [3.63, 3.8) is 0 Å². The zero-order chi connectivity index (χ0) is 22.8. The van der Waals surface area contributed by atoms with Crippen LogP contribution in [0.3, 0.4) is 0 Å². The summed E-state index contributed by atoms with van der Waals surface area (Å²) in [7, 11) is 0. The van der Waals surface area contributed by atoms with Crippen LogP contribution in [0.4, 0.5) is 16.2 Å². The molecule has 7 heteroatoms. The van der Waals surface area contributed by atoms with Gasteiger partial charge in [0.2, 0.25) is 0 Å². The van der Waals surface area contributed by atoms with Crippen LogP contribution in [0.1, 0.15) is 33.2 Å². The molecule has 3 aromatic rings. The van der Waals surface area contributed by atoms with E-state index in [0.29, 0.717) is 35.5 Å². The summed E-state index contributed by atoms with van der Waals surface area (Å²) in [4.78, 5) is 36.8. The van der Waals surface area contributed by atoms with Gasteiger partial charge in [0, 0.05) is 17.8 Å². The summed E-state index contributed by atoms with van der Waals surface area (Å²) in [5.74, 6) is -0.622. The van der Waals surface area contributed by atoms with E-state index in [-0.39, 0.29) is 18.4 Å². The van der Waals surface area contributed by atoms with Crippen LogP contribution in [0.5, 0.6) is 0 Å². The van der Waals surface area contributed by atoms with Crippen LogP contribution in [0.25, 0.3) is 0 Å². The Morgan fingerprint density at radius 3 is 2.19 bits per heavy atom. The second-order valence-corrected chi connectivity index (χ2v) is 6.91. The van der Waals surface area contributed by atoms with Gasteiger partial charge in [0.1, 0.15) is 0 Å². The highest BCUT2D eigenvalue weighted by atomic mass is 16.5. The maximum atomic E-state index is 12.7. The van der Waals surface area contributed by atoms with Crippen LogP contribution in [-0.2, 0) is 11.2 Å². The van der Waals surface area contributed by atoms with Gasteiger partial charge in [-0.25, -0.2) is 4.79 Å². The predicted octanol–water partition coefficient (Wildman–Crippen LogP) is 4.48. The molecule has 0 bridgehead atoms. The smallest absolute Gasteiger partial charge is 0.411 e. The lowest BCUT2D eigenvalue weighted by molar-refractivity contribution is 0.0955. The molecule has 0 spiro atoms. The highest BCUT2D eigenvalue weighted by Gasteiger charge is 2.14. The van der Waals surface area contributed by atoms with Gasteiger partial charge in [-0.05, 0) is 55.3 Å². The maximum absolute atomic E-state index is 12.7. The Morgan fingerprint density at radius 1 is 0.781 bits per heavy atom. The number of carbonyl (C=O) groups is 3. The second kappa shape index (κ2) is 11.3. The fourth-order valence-electron chi connectivity index (χ4n) is 3.03. The molecule has 0 unspecified atom stereocenters. The number of anilines is 2.